The molecule has 1 aliphatic carbocycles. The quantitative estimate of drug-likeness (QED) is 0.649. The number of ether oxygens (including phenoxy) is 2. The van der Waals surface area contributed by atoms with Crippen molar-refractivity contribution < 1.29 is 19.1 Å². The van der Waals surface area contributed by atoms with E-state index in [2.05, 4.69) is 11.9 Å². The van der Waals surface area contributed by atoms with E-state index in [1.54, 1.807) is 0 Å². The molecule has 2 aliphatic rings. The van der Waals surface area contributed by atoms with Gasteiger partial charge in [-0.3, -0.25) is 9.59 Å². The summed E-state index contributed by atoms with van der Waals surface area (Å²) in [5.74, 6) is -0.883. The number of allylic oxidation sites excluding steroid dienone is 2. The number of nitrogens with one attached hydrogen (secondary N) is 1. The Bertz CT molecular complexity index is 1050. The van der Waals surface area contributed by atoms with Gasteiger partial charge in [0.25, 0.3) is 0 Å². The zero-order valence-electron chi connectivity index (χ0n) is 18.6. The van der Waals surface area contributed by atoms with E-state index in [1.165, 1.54) is 0 Å². The molecule has 1 aliphatic heterocycles. The van der Waals surface area contributed by atoms with Gasteiger partial charge in [-0.05, 0) is 38.3 Å². The fraction of sp³-hybridized carbons (Fsp3) is 0.333. The summed E-state index contributed by atoms with van der Waals surface area (Å²) >= 11 is 0. The van der Waals surface area contributed by atoms with E-state index in [-0.39, 0.29) is 18.5 Å². The molecule has 1 heterocycles. The highest BCUT2D eigenvalue weighted by atomic mass is 16.5. The fourth-order valence-electron chi connectivity index (χ4n) is 4.52. The molecule has 0 amide bonds. The van der Waals surface area contributed by atoms with Crippen molar-refractivity contribution in [2.75, 3.05) is 0 Å². The maximum Gasteiger partial charge on any atom is 0.316 e. The van der Waals surface area contributed by atoms with Crippen LogP contribution in [0.4, 0.5) is 0 Å². The van der Waals surface area contributed by atoms with Crippen molar-refractivity contribution in [1.29, 1.82) is 0 Å². The molecule has 1 N–H and O–H groups in total. The van der Waals surface area contributed by atoms with E-state index in [4.69, 9.17) is 9.47 Å². The molecular weight excluding hydrogens is 402 g/mol. The number of rotatable bonds is 6. The SMILES string of the molecule is C=C1NC2=C(C(=O)CCC2)C(c2ccccc2OC(C)C)C1C(=O)OCc1ccccc1. The van der Waals surface area contributed by atoms with Gasteiger partial charge in [-0.2, -0.15) is 0 Å². The molecule has 2 aromatic rings. The summed E-state index contributed by atoms with van der Waals surface area (Å²) in [6.07, 6.45) is 1.98. The van der Waals surface area contributed by atoms with Crippen molar-refractivity contribution >= 4 is 11.8 Å². The minimum atomic E-state index is -0.726. The molecule has 0 radical (unpaired) electrons. The summed E-state index contributed by atoms with van der Waals surface area (Å²) in [5, 5.41) is 3.26. The standard InChI is InChI=1S/C27H29NO4/c1-17(2)32-23-15-8-7-12-20(23)25-24(27(30)31-16-19-10-5-4-6-11-19)18(3)28-21-13-9-14-22(29)26(21)25/h4-8,10-12,15,17,24-25,28H,3,9,13-14,16H2,1-2H3. The molecule has 4 rings (SSSR count). The summed E-state index contributed by atoms with van der Waals surface area (Å²) in [6, 6.07) is 17.2. The van der Waals surface area contributed by atoms with Crippen LogP contribution in [-0.4, -0.2) is 17.9 Å². The molecule has 2 unspecified atom stereocenters. The average molecular weight is 432 g/mol. The Labute approximate surface area is 189 Å². The number of esters is 1. The van der Waals surface area contributed by atoms with Crippen molar-refractivity contribution in [3.63, 3.8) is 0 Å². The number of hydrogen-bond donors (Lipinski definition) is 1. The largest absolute Gasteiger partial charge is 0.491 e. The van der Waals surface area contributed by atoms with E-state index in [1.807, 2.05) is 68.4 Å². The molecule has 0 spiro atoms. The van der Waals surface area contributed by atoms with Crippen LogP contribution in [0, 0.1) is 5.92 Å². The second-order valence-electron chi connectivity index (χ2n) is 8.57. The molecule has 0 saturated carbocycles. The van der Waals surface area contributed by atoms with Gasteiger partial charge in [0.2, 0.25) is 0 Å². The second-order valence-corrected chi connectivity index (χ2v) is 8.57. The molecule has 0 fully saturated rings. The highest BCUT2D eigenvalue weighted by molar-refractivity contribution is 6.00. The number of carbonyl (C=O) groups is 2. The summed E-state index contributed by atoms with van der Waals surface area (Å²) < 4.78 is 11.8. The monoisotopic (exact) mass is 431 g/mol. The Hall–Kier alpha value is -3.34. The fourth-order valence-corrected chi connectivity index (χ4v) is 4.52. The summed E-state index contributed by atoms with van der Waals surface area (Å²) in [7, 11) is 0. The Morgan fingerprint density at radius 1 is 1.09 bits per heavy atom. The third-order valence-electron chi connectivity index (χ3n) is 5.88. The van der Waals surface area contributed by atoms with Gasteiger partial charge in [0.05, 0.1) is 6.10 Å². The average Bonchev–Trinajstić information content (AvgIpc) is 2.77. The number of carbonyl (C=O) groups excluding carboxylic acids is 2. The van der Waals surface area contributed by atoms with Crippen LogP contribution < -0.4 is 10.1 Å². The Kier molecular flexibility index (Phi) is 6.45. The molecule has 0 saturated heterocycles. The Balaban J connectivity index is 1.74. The zero-order valence-corrected chi connectivity index (χ0v) is 18.6. The lowest BCUT2D eigenvalue weighted by molar-refractivity contribution is -0.149. The molecule has 2 aromatic carbocycles. The number of para-hydroxylation sites is 1. The minimum Gasteiger partial charge on any atom is -0.491 e. The van der Waals surface area contributed by atoms with Gasteiger partial charge in [0, 0.05) is 34.9 Å². The lowest BCUT2D eigenvalue weighted by atomic mass is 9.71. The van der Waals surface area contributed by atoms with Gasteiger partial charge < -0.3 is 14.8 Å². The molecular formula is C27H29NO4. The molecule has 5 heteroatoms. The molecule has 5 nitrogen and oxygen atoms in total. The molecule has 32 heavy (non-hydrogen) atoms. The highest BCUT2D eigenvalue weighted by Gasteiger charge is 2.44. The van der Waals surface area contributed by atoms with Crippen LogP contribution in [0.15, 0.2) is 78.1 Å². The molecule has 166 valence electrons. The zero-order chi connectivity index (χ0) is 22.7. The van der Waals surface area contributed by atoms with Gasteiger partial charge in [0.1, 0.15) is 18.3 Å². The third kappa shape index (κ3) is 4.47. The van der Waals surface area contributed by atoms with Crippen molar-refractivity contribution in [3.8, 4) is 5.75 Å². The molecule has 2 atom stereocenters. The van der Waals surface area contributed by atoms with Crippen LogP contribution >= 0.6 is 0 Å². The predicted octanol–water partition coefficient (Wildman–Crippen LogP) is 5.04. The van der Waals surface area contributed by atoms with Gasteiger partial charge >= 0.3 is 5.97 Å². The van der Waals surface area contributed by atoms with Crippen molar-refractivity contribution in [2.45, 2.75) is 51.7 Å². The van der Waals surface area contributed by atoms with Crippen molar-refractivity contribution in [1.82, 2.24) is 5.32 Å². The van der Waals surface area contributed by atoms with Crippen LogP contribution in [0.25, 0.3) is 0 Å². The topological polar surface area (TPSA) is 64.6 Å². The molecule has 0 bridgehead atoms. The van der Waals surface area contributed by atoms with Gasteiger partial charge in [0.15, 0.2) is 5.78 Å². The lowest BCUT2D eigenvalue weighted by Crippen LogP contribution is -2.41. The first-order chi connectivity index (χ1) is 15.5. The summed E-state index contributed by atoms with van der Waals surface area (Å²) in [6.45, 7) is 8.24. The summed E-state index contributed by atoms with van der Waals surface area (Å²) in [4.78, 5) is 26.5. The van der Waals surface area contributed by atoms with E-state index in [9.17, 15) is 9.59 Å². The van der Waals surface area contributed by atoms with Crippen LogP contribution in [-0.2, 0) is 20.9 Å². The second kappa shape index (κ2) is 9.43. The highest BCUT2D eigenvalue weighted by Crippen LogP contribution is 2.47. The van der Waals surface area contributed by atoms with Crippen LogP contribution in [0.1, 0.15) is 50.2 Å². The smallest absolute Gasteiger partial charge is 0.316 e. The Morgan fingerprint density at radius 2 is 1.81 bits per heavy atom. The van der Waals surface area contributed by atoms with E-state index in [0.29, 0.717) is 23.4 Å². The van der Waals surface area contributed by atoms with E-state index < -0.39 is 17.8 Å². The van der Waals surface area contributed by atoms with Crippen LogP contribution in [0.3, 0.4) is 0 Å². The summed E-state index contributed by atoms with van der Waals surface area (Å²) in [5.41, 5.74) is 3.80. The Morgan fingerprint density at radius 3 is 2.56 bits per heavy atom. The van der Waals surface area contributed by atoms with Crippen molar-refractivity contribution in [2.24, 2.45) is 5.92 Å². The first-order valence-corrected chi connectivity index (χ1v) is 11.1. The lowest BCUT2D eigenvalue weighted by Gasteiger charge is -2.38. The minimum absolute atomic E-state index is 0.0416. The number of benzene rings is 2. The number of Topliss-reactive ketones (excluding diaryl/α,β-unsaturated/α-hetero) is 1. The first-order valence-electron chi connectivity index (χ1n) is 11.1. The van der Waals surface area contributed by atoms with Crippen molar-refractivity contribution in [3.05, 3.63) is 89.3 Å². The van der Waals surface area contributed by atoms with Gasteiger partial charge in [-0.15, -0.1) is 0 Å². The maximum absolute atomic E-state index is 13.4. The van der Waals surface area contributed by atoms with Crippen LogP contribution in [0.5, 0.6) is 5.75 Å². The van der Waals surface area contributed by atoms with Crippen LogP contribution in [0.2, 0.25) is 0 Å². The predicted molar refractivity (Wildman–Crippen MR) is 123 cm³/mol. The third-order valence-corrected chi connectivity index (χ3v) is 5.88. The number of ketones is 1. The number of hydrogen-bond acceptors (Lipinski definition) is 5. The first kappa shape index (κ1) is 21.9. The normalized spacial score (nSPS) is 20.6. The van der Waals surface area contributed by atoms with E-state index in [0.717, 1.165) is 29.7 Å². The van der Waals surface area contributed by atoms with E-state index >= 15 is 0 Å². The van der Waals surface area contributed by atoms with Gasteiger partial charge in [-0.1, -0.05) is 55.1 Å². The molecule has 0 aromatic heterocycles. The maximum atomic E-state index is 13.4. The van der Waals surface area contributed by atoms with Gasteiger partial charge in [-0.25, -0.2) is 0 Å².